The molecule has 0 bridgehead atoms. The number of benzene rings is 2. The van der Waals surface area contributed by atoms with E-state index in [2.05, 4.69) is 21.4 Å². The number of aryl methyl sites for hydroxylation is 1. The molecule has 0 spiro atoms. The number of ketones is 1. The molecule has 0 saturated heterocycles. The highest BCUT2D eigenvalue weighted by molar-refractivity contribution is 6.07. The van der Waals surface area contributed by atoms with Crippen LogP contribution in [0.15, 0.2) is 54.6 Å². The Balaban J connectivity index is 1.61. The summed E-state index contributed by atoms with van der Waals surface area (Å²) in [6.45, 7) is 5.34. The zero-order valence-corrected chi connectivity index (χ0v) is 16.6. The predicted molar refractivity (Wildman–Crippen MR) is 113 cm³/mol. The van der Waals surface area contributed by atoms with Crippen molar-refractivity contribution in [2.45, 2.75) is 33.2 Å². The van der Waals surface area contributed by atoms with Crippen LogP contribution in [0, 0.1) is 6.92 Å². The molecule has 6 nitrogen and oxygen atoms in total. The molecule has 6 heteroatoms. The summed E-state index contributed by atoms with van der Waals surface area (Å²) in [7, 11) is 0. The second-order valence-corrected chi connectivity index (χ2v) is 7.30. The number of para-hydroxylation sites is 1. The molecule has 1 N–H and O–H groups in total. The van der Waals surface area contributed by atoms with Crippen molar-refractivity contribution < 1.29 is 9.59 Å². The van der Waals surface area contributed by atoms with Crippen molar-refractivity contribution in [3.05, 3.63) is 77.2 Å². The predicted octanol–water partition coefficient (Wildman–Crippen LogP) is 4.32. The molecule has 3 aromatic rings. The topological polar surface area (TPSA) is 75.2 Å². The van der Waals surface area contributed by atoms with Gasteiger partial charge in [0.25, 0.3) is 5.91 Å². The molecular weight excluding hydrogens is 364 g/mol. The second kappa shape index (κ2) is 7.47. The lowest BCUT2D eigenvalue weighted by Crippen LogP contribution is -2.36. The quantitative estimate of drug-likeness (QED) is 0.676. The van der Waals surface area contributed by atoms with Crippen molar-refractivity contribution >= 4 is 28.9 Å². The number of aromatic nitrogens is 2. The van der Waals surface area contributed by atoms with Gasteiger partial charge in [-0.2, -0.15) is 0 Å². The number of nitrogens with one attached hydrogen (secondary N) is 1. The lowest BCUT2D eigenvalue weighted by atomic mass is 10.1. The number of nitrogens with zero attached hydrogens (tertiary/aromatic N) is 3. The highest BCUT2D eigenvalue weighted by Gasteiger charge is 2.32. The molecule has 0 saturated carbocycles. The Morgan fingerprint density at radius 3 is 2.52 bits per heavy atom. The molecule has 1 aliphatic rings. The number of carbonyl (C=O) groups excluding carboxylic acids is 2. The first-order valence-corrected chi connectivity index (χ1v) is 9.57. The van der Waals surface area contributed by atoms with Crippen LogP contribution >= 0.6 is 0 Å². The van der Waals surface area contributed by atoms with Crippen LogP contribution in [-0.4, -0.2) is 27.7 Å². The van der Waals surface area contributed by atoms with Crippen molar-refractivity contribution in [3.8, 4) is 0 Å². The smallest absolute Gasteiger partial charge is 0.277 e. The molecule has 1 aliphatic heterocycles. The minimum atomic E-state index is -0.136. The van der Waals surface area contributed by atoms with Gasteiger partial charge < -0.3 is 10.2 Å². The first-order chi connectivity index (χ1) is 13.9. The number of anilines is 3. The van der Waals surface area contributed by atoms with Crippen molar-refractivity contribution in [1.82, 2.24) is 9.97 Å². The summed E-state index contributed by atoms with van der Waals surface area (Å²) < 4.78 is 0. The Bertz CT molecular complexity index is 1090. The second-order valence-electron chi connectivity index (χ2n) is 7.30. The molecule has 146 valence electrons. The van der Waals surface area contributed by atoms with Crippen LogP contribution in [0.3, 0.4) is 0 Å². The van der Waals surface area contributed by atoms with Crippen LogP contribution in [0.25, 0.3) is 0 Å². The SMILES string of the molecule is CC(=O)c1ccc(Nc2cc(C(=O)N3c4ccccc4CC3C)nc(C)n2)cc1. The van der Waals surface area contributed by atoms with Crippen molar-refractivity contribution in [3.63, 3.8) is 0 Å². The van der Waals surface area contributed by atoms with Crippen molar-refractivity contribution in [2.24, 2.45) is 0 Å². The molecule has 2 heterocycles. The van der Waals surface area contributed by atoms with E-state index in [9.17, 15) is 9.59 Å². The highest BCUT2D eigenvalue weighted by atomic mass is 16.2. The molecule has 2 aromatic carbocycles. The number of carbonyl (C=O) groups is 2. The fourth-order valence-electron chi connectivity index (χ4n) is 3.68. The monoisotopic (exact) mass is 386 g/mol. The lowest BCUT2D eigenvalue weighted by molar-refractivity contribution is 0.0974. The summed E-state index contributed by atoms with van der Waals surface area (Å²) in [5, 5.41) is 3.19. The Kier molecular flexibility index (Phi) is 4.84. The molecule has 0 fully saturated rings. The maximum Gasteiger partial charge on any atom is 0.277 e. The van der Waals surface area contributed by atoms with Gasteiger partial charge >= 0.3 is 0 Å². The molecule has 4 rings (SSSR count). The summed E-state index contributed by atoms with van der Waals surface area (Å²) >= 11 is 0. The van der Waals surface area contributed by atoms with Gasteiger partial charge in [-0.15, -0.1) is 0 Å². The Labute approximate surface area is 169 Å². The van der Waals surface area contributed by atoms with Crippen LogP contribution in [0.5, 0.6) is 0 Å². The number of amides is 1. The van der Waals surface area contributed by atoms with E-state index in [0.29, 0.717) is 22.9 Å². The first kappa shape index (κ1) is 18.8. The maximum atomic E-state index is 13.3. The number of rotatable bonds is 4. The number of hydrogen-bond donors (Lipinski definition) is 1. The van der Waals surface area contributed by atoms with Gasteiger partial charge in [0.05, 0.1) is 0 Å². The fourth-order valence-corrected chi connectivity index (χ4v) is 3.68. The third-order valence-corrected chi connectivity index (χ3v) is 5.05. The van der Waals surface area contributed by atoms with E-state index in [4.69, 9.17) is 0 Å². The lowest BCUT2D eigenvalue weighted by Gasteiger charge is -2.22. The van der Waals surface area contributed by atoms with Gasteiger partial charge in [0.1, 0.15) is 17.3 Å². The third kappa shape index (κ3) is 3.74. The molecule has 1 aromatic heterocycles. The third-order valence-electron chi connectivity index (χ3n) is 5.05. The highest BCUT2D eigenvalue weighted by Crippen LogP contribution is 2.33. The van der Waals surface area contributed by atoms with Crippen LogP contribution in [0.4, 0.5) is 17.2 Å². The Hall–Kier alpha value is -3.54. The van der Waals surface area contributed by atoms with Crippen LogP contribution in [0.1, 0.15) is 46.1 Å². The van der Waals surface area contributed by atoms with E-state index in [1.54, 1.807) is 25.1 Å². The van der Waals surface area contributed by atoms with E-state index < -0.39 is 0 Å². The zero-order chi connectivity index (χ0) is 20.5. The van der Waals surface area contributed by atoms with Gasteiger partial charge in [-0.05, 0) is 63.1 Å². The number of Topliss-reactive ketones (excluding diaryl/α,β-unsaturated/α-hetero) is 1. The van der Waals surface area contributed by atoms with Crippen LogP contribution in [-0.2, 0) is 6.42 Å². The first-order valence-electron chi connectivity index (χ1n) is 9.57. The number of hydrogen-bond acceptors (Lipinski definition) is 5. The fraction of sp³-hybridized carbons (Fsp3) is 0.217. The molecule has 1 unspecified atom stereocenters. The normalized spacial score (nSPS) is 15.1. The van der Waals surface area contributed by atoms with E-state index >= 15 is 0 Å². The largest absolute Gasteiger partial charge is 0.340 e. The molecule has 0 radical (unpaired) electrons. The Morgan fingerprint density at radius 1 is 1.07 bits per heavy atom. The average molecular weight is 386 g/mol. The molecule has 0 aliphatic carbocycles. The van der Waals surface area contributed by atoms with Gasteiger partial charge in [0, 0.05) is 29.0 Å². The Morgan fingerprint density at radius 2 is 1.79 bits per heavy atom. The molecule has 1 atom stereocenters. The van der Waals surface area contributed by atoms with Crippen molar-refractivity contribution in [1.29, 1.82) is 0 Å². The molecule has 29 heavy (non-hydrogen) atoms. The minimum absolute atomic E-state index is 0.0160. The molecule has 1 amide bonds. The average Bonchev–Trinajstić information content (AvgIpc) is 3.03. The number of fused-ring (bicyclic) bond motifs is 1. The van der Waals surface area contributed by atoms with Gasteiger partial charge in [0.15, 0.2) is 5.78 Å². The summed E-state index contributed by atoms with van der Waals surface area (Å²) in [5.74, 6) is 0.931. The summed E-state index contributed by atoms with van der Waals surface area (Å²) in [6, 6.07) is 16.9. The summed E-state index contributed by atoms with van der Waals surface area (Å²) in [4.78, 5) is 35.3. The van der Waals surface area contributed by atoms with Gasteiger partial charge in [-0.1, -0.05) is 18.2 Å². The van der Waals surface area contributed by atoms with Crippen LogP contribution < -0.4 is 10.2 Å². The summed E-state index contributed by atoms with van der Waals surface area (Å²) in [6.07, 6.45) is 0.833. The van der Waals surface area contributed by atoms with E-state index in [-0.39, 0.29) is 17.7 Å². The van der Waals surface area contributed by atoms with Gasteiger partial charge in [-0.3, -0.25) is 9.59 Å². The maximum absolute atomic E-state index is 13.3. The van der Waals surface area contributed by atoms with Gasteiger partial charge in [0.2, 0.25) is 0 Å². The standard InChI is InChI=1S/C23H22N4O2/c1-14-12-18-6-4-5-7-21(18)27(14)23(29)20-13-22(25-16(3)24-20)26-19-10-8-17(9-11-19)15(2)28/h4-11,13-14H,12H2,1-3H3,(H,24,25,26). The van der Waals surface area contributed by atoms with E-state index in [1.807, 2.05) is 42.2 Å². The summed E-state index contributed by atoms with van der Waals surface area (Å²) in [5.41, 5.74) is 3.89. The van der Waals surface area contributed by atoms with Crippen LogP contribution in [0.2, 0.25) is 0 Å². The minimum Gasteiger partial charge on any atom is -0.340 e. The molecular formula is C23H22N4O2. The zero-order valence-electron chi connectivity index (χ0n) is 16.6. The van der Waals surface area contributed by atoms with E-state index in [1.165, 1.54) is 12.5 Å². The van der Waals surface area contributed by atoms with Crippen molar-refractivity contribution in [2.75, 3.05) is 10.2 Å². The van der Waals surface area contributed by atoms with E-state index in [0.717, 1.165) is 17.8 Å². The van der Waals surface area contributed by atoms with Gasteiger partial charge in [-0.25, -0.2) is 9.97 Å².